The van der Waals surface area contributed by atoms with Crippen molar-refractivity contribution in [3.63, 3.8) is 0 Å². The largest absolute Gasteiger partial charge is 0.480 e. The highest BCUT2D eigenvalue weighted by Crippen LogP contribution is 2.44. The molecule has 1 amide bonds. The minimum Gasteiger partial charge on any atom is -0.480 e. The van der Waals surface area contributed by atoms with Gasteiger partial charge in [-0.15, -0.1) is 0 Å². The van der Waals surface area contributed by atoms with E-state index in [1.165, 1.54) is 0 Å². The summed E-state index contributed by atoms with van der Waals surface area (Å²) in [5.41, 5.74) is 4.58. The first-order valence-corrected chi connectivity index (χ1v) is 10.5. The van der Waals surface area contributed by atoms with Crippen LogP contribution in [0.2, 0.25) is 0 Å². The van der Waals surface area contributed by atoms with Crippen LogP contribution in [0.5, 0.6) is 0 Å². The van der Waals surface area contributed by atoms with Gasteiger partial charge in [0.25, 0.3) is 0 Å². The third-order valence-electron chi connectivity index (χ3n) is 5.53. The molecule has 1 aliphatic carbocycles. The van der Waals surface area contributed by atoms with Crippen molar-refractivity contribution >= 4 is 12.1 Å². The number of carboxylic acid groups (broad SMARTS) is 1. The van der Waals surface area contributed by atoms with E-state index in [1.54, 1.807) is 0 Å². The number of amides is 1. The summed E-state index contributed by atoms with van der Waals surface area (Å²) < 4.78 is 5.45. The lowest BCUT2D eigenvalue weighted by atomic mass is 9.98. The van der Waals surface area contributed by atoms with Gasteiger partial charge in [-0.25, -0.2) is 9.59 Å². The van der Waals surface area contributed by atoms with Gasteiger partial charge < -0.3 is 15.2 Å². The van der Waals surface area contributed by atoms with Crippen LogP contribution in [0.25, 0.3) is 11.1 Å². The van der Waals surface area contributed by atoms with Crippen LogP contribution >= 0.6 is 0 Å². The number of alkyl carbamates (subject to hydrolysis) is 1. The Kier molecular flexibility index (Phi) is 7.28. The number of carbonyl (C=O) groups is 2. The minimum absolute atomic E-state index is 0.0366. The first-order chi connectivity index (χ1) is 14.1. The molecule has 0 heterocycles. The topological polar surface area (TPSA) is 75.6 Å². The number of hydrogen-bond acceptors (Lipinski definition) is 3. The van der Waals surface area contributed by atoms with E-state index in [-0.39, 0.29) is 12.5 Å². The Morgan fingerprint density at radius 3 is 2.14 bits per heavy atom. The van der Waals surface area contributed by atoms with Crippen molar-refractivity contribution in [3.05, 3.63) is 59.7 Å². The van der Waals surface area contributed by atoms with Gasteiger partial charge in [-0.05, 0) is 28.7 Å². The van der Waals surface area contributed by atoms with Crippen LogP contribution in [0.3, 0.4) is 0 Å². The number of ether oxygens (including phenoxy) is 1. The van der Waals surface area contributed by atoms with Crippen LogP contribution in [0.4, 0.5) is 4.79 Å². The quantitative estimate of drug-likeness (QED) is 0.533. The van der Waals surface area contributed by atoms with Crippen LogP contribution in [0, 0.1) is 0 Å². The van der Waals surface area contributed by atoms with Gasteiger partial charge in [-0.1, -0.05) is 87.6 Å². The van der Waals surface area contributed by atoms with Gasteiger partial charge in [-0.3, -0.25) is 0 Å². The lowest BCUT2D eigenvalue weighted by Crippen LogP contribution is -2.41. The van der Waals surface area contributed by atoms with Gasteiger partial charge in [-0.2, -0.15) is 0 Å². The zero-order valence-corrected chi connectivity index (χ0v) is 16.9. The molecule has 0 saturated heterocycles. The van der Waals surface area contributed by atoms with Gasteiger partial charge in [0.1, 0.15) is 12.6 Å². The molecular weight excluding hydrogens is 366 g/mol. The highest BCUT2D eigenvalue weighted by molar-refractivity contribution is 5.81. The predicted octanol–water partition coefficient (Wildman–Crippen LogP) is 5.34. The molecule has 29 heavy (non-hydrogen) atoms. The van der Waals surface area contributed by atoms with E-state index >= 15 is 0 Å². The molecule has 0 saturated carbocycles. The minimum atomic E-state index is -1.02. The summed E-state index contributed by atoms with van der Waals surface area (Å²) >= 11 is 0. The van der Waals surface area contributed by atoms with Crippen molar-refractivity contribution in [1.29, 1.82) is 0 Å². The summed E-state index contributed by atoms with van der Waals surface area (Å²) in [5.74, 6) is -1.06. The highest BCUT2D eigenvalue weighted by atomic mass is 16.5. The molecule has 2 aromatic carbocycles. The SMILES string of the molecule is CCCCCCC[C@@H](NC(=O)OCC1c2ccccc2-c2ccccc21)C(=O)O. The first-order valence-electron chi connectivity index (χ1n) is 10.5. The Labute approximate surface area is 172 Å². The Hall–Kier alpha value is -2.82. The first kappa shape index (κ1) is 20.9. The maximum absolute atomic E-state index is 12.3. The maximum atomic E-state index is 12.3. The van der Waals surface area contributed by atoms with Gasteiger partial charge in [0.2, 0.25) is 0 Å². The zero-order chi connectivity index (χ0) is 20.6. The van der Waals surface area contributed by atoms with E-state index in [9.17, 15) is 14.7 Å². The van der Waals surface area contributed by atoms with Gasteiger partial charge in [0.15, 0.2) is 0 Å². The third-order valence-corrected chi connectivity index (χ3v) is 5.53. The highest BCUT2D eigenvalue weighted by Gasteiger charge is 2.29. The molecule has 0 aliphatic heterocycles. The Morgan fingerprint density at radius 2 is 1.55 bits per heavy atom. The van der Waals surface area contributed by atoms with E-state index in [0.29, 0.717) is 6.42 Å². The van der Waals surface area contributed by atoms with Crippen LogP contribution in [0.15, 0.2) is 48.5 Å². The summed E-state index contributed by atoms with van der Waals surface area (Å²) in [4.78, 5) is 23.7. The Balaban J connectivity index is 1.56. The second kappa shape index (κ2) is 10.1. The molecule has 0 spiro atoms. The lowest BCUT2D eigenvalue weighted by molar-refractivity contribution is -0.139. The average molecular weight is 395 g/mol. The number of carbonyl (C=O) groups excluding carboxylic acids is 1. The molecule has 5 heteroatoms. The van der Waals surface area contributed by atoms with Crippen LogP contribution in [-0.4, -0.2) is 29.8 Å². The van der Waals surface area contributed by atoms with E-state index in [4.69, 9.17) is 4.74 Å². The number of rotatable bonds is 10. The number of unbranched alkanes of at least 4 members (excludes halogenated alkanes) is 4. The molecule has 0 fully saturated rings. The standard InChI is InChI=1S/C24H29NO4/c1-2-3-4-5-6-15-22(23(26)27)25-24(28)29-16-21-19-13-9-7-11-17(19)18-12-8-10-14-20(18)21/h7-14,21-22H,2-6,15-16H2,1H3,(H,25,28)(H,26,27)/t22-/m1/s1. The molecule has 0 bridgehead atoms. The Morgan fingerprint density at radius 1 is 0.966 bits per heavy atom. The summed E-state index contributed by atoms with van der Waals surface area (Å²) in [5, 5.41) is 11.9. The smallest absolute Gasteiger partial charge is 0.407 e. The number of aliphatic carboxylic acids is 1. The van der Waals surface area contributed by atoms with Crippen molar-refractivity contribution < 1.29 is 19.4 Å². The van der Waals surface area contributed by atoms with Crippen LogP contribution in [-0.2, 0) is 9.53 Å². The summed E-state index contributed by atoms with van der Waals surface area (Å²) in [6, 6.07) is 15.3. The number of fused-ring (bicyclic) bond motifs is 3. The van der Waals surface area contributed by atoms with E-state index in [0.717, 1.165) is 54.4 Å². The van der Waals surface area contributed by atoms with Crippen molar-refractivity contribution in [2.24, 2.45) is 0 Å². The van der Waals surface area contributed by atoms with Crippen molar-refractivity contribution in [1.82, 2.24) is 5.32 Å². The van der Waals surface area contributed by atoms with E-state index in [2.05, 4.69) is 36.5 Å². The number of benzene rings is 2. The van der Waals surface area contributed by atoms with E-state index in [1.807, 2.05) is 24.3 Å². The molecular formula is C24H29NO4. The molecule has 2 aromatic rings. The molecule has 0 aromatic heterocycles. The van der Waals surface area contributed by atoms with Crippen molar-refractivity contribution in [2.75, 3.05) is 6.61 Å². The normalized spacial score (nSPS) is 13.4. The Bertz CT molecular complexity index is 803. The second-order valence-electron chi connectivity index (χ2n) is 7.56. The van der Waals surface area contributed by atoms with Crippen molar-refractivity contribution in [2.45, 2.75) is 57.4 Å². The molecule has 0 unspecified atom stereocenters. The molecule has 1 atom stereocenters. The van der Waals surface area contributed by atoms with Crippen molar-refractivity contribution in [3.8, 4) is 11.1 Å². The number of nitrogens with one attached hydrogen (secondary N) is 1. The van der Waals surface area contributed by atoms with Gasteiger partial charge in [0.05, 0.1) is 0 Å². The maximum Gasteiger partial charge on any atom is 0.407 e. The molecule has 154 valence electrons. The third kappa shape index (κ3) is 5.17. The summed E-state index contributed by atoms with van der Waals surface area (Å²) in [6.45, 7) is 2.32. The zero-order valence-electron chi connectivity index (χ0n) is 16.9. The summed E-state index contributed by atoms with van der Waals surface area (Å²) in [6.07, 6.45) is 4.88. The molecule has 0 radical (unpaired) electrons. The lowest BCUT2D eigenvalue weighted by Gasteiger charge is -2.17. The van der Waals surface area contributed by atoms with Gasteiger partial charge >= 0.3 is 12.1 Å². The number of hydrogen-bond donors (Lipinski definition) is 2. The fourth-order valence-electron chi connectivity index (χ4n) is 3.99. The van der Waals surface area contributed by atoms with E-state index < -0.39 is 18.1 Å². The van der Waals surface area contributed by atoms with Crippen LogP contribution in [0.1, 0.15) is 62.5 Å². The molecule has 5 nitrogen and oxygen atoms in total. The molecule has 1 aliphatic rings. The fraction of sp³-hybridized carbons (Fsp3) is 0.417. The second-order valence-corrected chi connectivity index (χ2v) is 7.56. The monoisotopic (exact) mass is 395 g/mol. The molecule has 2 N–H and O–H groups in total. The molecule has 3 rings (SSSR count). The average Bonchev–Trinajstić information content (AvgIpc) is 3.05. The van der Waals surface area contributed by atoms with Gasteiger partial charge in [0, 0.05) is 5.92 Å². The predicted molar refractivity (Wildman–Crippen MR) is 113 cm³/mol. The summed E-state index contributed by atoms with van der Waals surface area (Å²) in [7, 11) is 0. The number of carboxylic acids is 1. The fourth-order valence-corrected chi connectivity index (χ4v) is 3.99. The van der Waals surface area contributed by atoms with Crippen LogP contribution < -0.4 is 5.32 Å².